The van der Waals surface area contributed by atoms with E-state index < -0.39 is 0 Å². The molecule has 0 aromatic carbocycles. The first-order valence-electron chi connectivity index (χ1n) is 5.55. The predicted octanol–water partition coefficient (Wildman–Crippen LogP) is 2.76. The predicted molar refractivity (Wildman–Crippen MR) is 69.8 cm³/mol. The molecule has 2 aromatic heterocycles. The van der Waals surface area contributed by atoms with E-state index in [0.717, 1.165) is 0 Å². The van der Waals surface area contributed by atoms with Crippen LogP contribution in [0.25, 0.3) is 0 Å². The summed E-state index contributed by atoms with van der Waals surface area (Å²) < 4.78 is 1.89. The van der Waals surface area contributed by atoms with Gasteiger partial charge in [0.1, 0.15) is 5.69 Å². The number of amides is 1. The Bertz CT molecular complexity index is 547. The van der Waals surface area contributed by atoms with E-state index in [9.17, 15) is 4.79 Å². The minimum atomic E-state index is -0.217. The number of aromatic nitrogens is 3. The van der Waals surface area contributed by atoms with E-state index in [1.165, 1.54) is 0 Å². The molecule has 2 aromatic rings. The molecule has 1 amide bonds. The summed E-state index contributed by atoms with van der Waals surface area (Å²) in [5.41, 5.74) is 0.585. The summed E-state index contributed by atoms with van der Waals surface area (Å²) in [7, 11) is 0. The Labute approximate surface area is 110 Å². The zero-order valence-electron chi connectivity index (χ0n) is 10.1. The molecule has 6 heteroatoms. The smallest absolute Gasteiger partial charge is 0.273 e. The van der Waals surface area contributed by atoms with Crippen LogP contribution in [0.5, 0.6) is 0 Å². The van der Waals surface area contributed by atoms with Gasteiger partial charge in [0, 0.05) is 12.2 Å². The molecule has 0 radical (unpaired) electrons. The van der Waals surface area contributed by atoms with Gasteiger partial charge in [0.2, 0.25) is 0 Å². The third kappa shape index (κ3) is 2.68. The van der Waals surface area contributed by atoms with Gasteiger partial charge in [-0.1, -0.05) is 11.6 Å². The van der Waals surface area contributed by atoms with E-state index in [-0.39, 0.29) is 11.9 Å². The second-order valence-electron chi connectivity index (χ2n) is 4.09. The molecule has 0 unspecified atom stereocenters. The topological polar surface area (TPSA) is 59.8 Å². The summed E-state index contributed by atoms with van der Waals surface area (Å²) >= 11 is 5.62. The van der Waals surface area contributed by atoms with E-state index in [0.29, 0.717) is 16.7 Å². The Morgan fingerprint density at radius 1 is 1.33 bits per heavy atom. The third-order valence-corrected chi connectivity index (χ3v) is 2.64. The van der Waals surface area contributed by atoms with E-state index in [2.05, 4.69) is 15.5 Å². The van der Waals surface area contributed by atoms with Gasteiger partial charge in [-0.25, -0.2) is 0 Å². The number of hydrogen-bond acceptors (Lipinski definition) is 3. The van der Waals surface area contributed by atoms with Crippen LogP contribution in [0.3, 0.4) is 0 Å². The molecule has 0 atom stereocenters. The van der Waals surface area contributed by atoms with Crippen LogP contribution in [0.1, 0.15) is 30.4 Å². The maximum absolute atomic E-state index is 12.1. The fraction of sp³-hybridized carbons (Fsp3) is 0.250. The molecular weight excluding hydrogens is 252 g/mol. The Kier molecular flexibility index (Phi) is 3.62. The van der Waals surface area contributed by atoms with Gasteiger partial charge in [-0.05, 0) is 38.1 Å². The van der Waals surface area contributed by atoms with Crippen molar-refractivity contribution >= 4 is 23.3 Å². The molecule has 1 N–H and O–H groups in total. The average Bonchev–Trinajstić information content (AvgIpc) is 2.81. The number of carbonyl (C=O) groups excluding carboxylic acids is 1. The minimum absolute atomic E-state index is 0.217. The van der Waals surface area contributed by atoms with Crippen LogP contribution < -0.4 is 5.32 Å². The molecule has 0 bridgehead atoms. The van der Waals surface area contributed by atoms with Gasteiger partial charge in [-0.3, -0.25) is 4.79 Å². The molecular formula is C12H13ClN4O. The molecule has 0 saturated carbocycles. The molecule has 2 rings (SSSR count). The molecule has 2 heterocycles. The van der Waals surface area contributed by atoms with E-state index >= 15 is 0 Å². The lowest BCUT2D eigenvalue weighted by Crippen LogP contribution is -2.18. The summed E-state index contributed by atoms with van der Waals surface area (Å²) in [5.74, 6) is 0.159. The van der Waals surface area contributed by atoms with E-state index in [1.807, 2.05) is 30.7 Å². The number of rotatable bonds is 3. The van der Waals surface area contributed by atoms with Crippen LogP contribution in [0, 0.1) is 0 Å². The van der Waals surface area contributed by atoms with Crippen molar-refractivity contribution in [2.45, 2.75) is 19.9 Å². The average molecular weight is 265 g/mol. The molecule has 0 aliphatic rings. The maximum atomic E-state index is 12.1. The molecule has 5 nitrogen and oxygen atoms in total. The summed E-state index contributed by atoms with van der Waals surface area (Å²) in [5, 5.41) is 10.4. The van der Waals surface area contributed by atoms with Crippen LogP contribution in [-0.2, 0) is 0 Å². The summed E-state index contributed by atoms with van der Waals surface area (Å²) in [6.07, 6.45) is 1.87. The van der Waals surface area contributed by atoms with E-state index in [4.69, 9.17) is 11.6 Å². The van der Waals surface area contributed by atoms with Crippen molar-refractivity contribution in [1.29, 1.82) is 0 Å². The number of carbonyl (C=O) groups is 1. The normalized spacial score (nSPS) is 10.7. The van der Waals surface area contributed by atoms with Crippen LogP contribution in [0.15, 0.2) is 30.5 Å². The molecule has 0 saturated heterocycles. The molecule has 0 fully saturated rings. The zero-order chi connectivity index (χ0) is 13.1. The number of halogens is 1. The fourth-order valence-electron chi connectivity index (χ4n) is 1.60. The first-order valence-corrected chi connectivity index (χ1v) is 5.93. The van der Waals surface area contributed by atoms with Gasteiger partial charge >= 0.3 is 0 Å². The largest absolute Gasteiger partial charge is 0.341 e. The molecule has 0 spiro atoms. The van der Waals surface area contributed by atoms with Gasteiger partial charge in [-0.2, -0.15) is 0 Å². The van der Waals surface area contributed by atoms with Crippen molar-refractivity contribution in [1.82, 2.24) is 14.8 Å². The standard InChI is InChI=1S/C12H13ClN4O/c1-8(2)17-7-3-4-9(17)12(18)14-11-6-5-10(13)15-16-11/h3-8H,1-2H3,(H,14,16,18). The van der Waals surface area contributed by atoms with Crippen LogP contribution in [0.2, 0.25) is 5.15 Å². The lowest BCUT2D eigenvalue weighted by molar-refractivity contribution is 0.101. The monoisotopic (exact) mass is 264 g/mol. The van der Waals surface area contributed by atoms with Gasteiger partial charge in [0.05, 0.1) is 0 Å². The quantitative estimate of drug-likeness (QED) is 0.927. The van der Waals surface area contributed by atoms with Crippen molar-refractivity contribution in [2.75, 3.05) is 5.32 Å². The SMILES string of the molecule is CC(C)n1cccc1C(=O)Nc1ccc(Cl)nn1. The van der Waals surface area contributed by atoms with Gasteiger partial charge in [-0.15, -0.1) is 10.2 Å². The summed E-state index contributed by atoms with van der Waals surface area (Å²) in [6, 6.07) is 7.00. The number of nitrogens with one attached hydrogen (secondary N) is 1. The Morgan fingerprint density at radius 3 is 2.72 bits per heavy atom. The first-order chi connectivity index (χ1) is 8.58. The second-order valence-corrected chi connectivity index (χ2v) is 4.48. The fourth-order valence-corrected chi connectivity index (χ4v) is 1.70. The van der Waals surface area contributed by atoms with Crippen molar-refractivity contribution in [2.24, 2.45) is 0 Å². The van der Waals surface area contributed by atoms with E-state index in [1.54, 1.807) is 18.2 Å². The number of hydrogen-bond donors (Lipinski definition) is 1. The Morgan fingerprint density at radius 2 is 2.11 bits per heavy atom. The highest BCUT2D eigenvalue weighted by molar-refractivity contribution is 6.29. The highest BCUT2D eigenvalue weighted by Crippen LogP contribution is 2.13. The van der Waals surface area contributed by atoms with Crippen LogP contribution in [0.4, 0.5) is 5.82 Å². The molecule has 18 heavy (non-hydrogen) atoms. The molecule has 94 valence electrons. The second kappa shape index (κ2) is 5.18. The molecule has 0 aliphatic carbocycles. The van der Waals surface area contributed by atoms with Crippen molar-refractivity contribution < 1.29 is 4.79 Å². The zero-order valence-corrected chi connectivity index (χ0v) is 10.8. The van der Waals surface area contributed by atoms with Crippen molar-refractivity contribution in [3.8, 4) is 0 Å². The lowest BCUT2D eigenvalue weighted by Gasteiger charge is -2.12. The summed E-state index contributed by atoms with van der Waals surface area (Å²) in [6.45, 7) is 4.03. The first kappa shape index (κ1) is 12.6. The van der Waals surface area contributed by atoms with Gasteiger partial charge in [0.25, 0.3) is 5.91 Å². The van der Waals surface area contributed by atoms with Gasteiger partial charge < -0.3 is 9.88 Å². The highest BCUT2D eigenvalue weighted by atomic mass is 35.5. The van der Waals surface area contributed by atoms with Crippen molar-refractivity contribution in [3.63, 3.8) is 0 Å². The number of nitrogens with zero attached hydrogens (tertiary/aromatic N) is 3. The summed E-state index contributed by atoms with van der Waals surface area (Å²) in [4.78, 5) is 12.1. The third-order valence-electron chi connectivity index (χ3n) is 2.44. The number of anilines is 1. The Balaban J connectivity index is 2.17. The highest BCUT2D eigenvalue weighted by Gasteiger charge is 2.13. The van der Waals surface area contributed by atoms with Gasteiger partial charge in [0.15, 0.2) is 11.0 Å². The molecule has 0 aliphatic heterocycles. The van der Waals surface area contributed by atoms with Crippen molar-refractivity contribution in [3.05, 3.63) is 41.3 Å². The Hall–Kier alpha value is -1.88. The van der Waals surface area contributed by atoms with Crippen LogP contribution >= 0.6 is 11.6 Å². The van der Waals surface area contributed by atoms with Crippen LogP contribution in [-0.4, -0.2) is 20.7 Å². The lowest BCUT2D eigenvalue weighted by atomic mass is 10.3. The minimum Gasteiger partial charge on any atom is -0.341 e. The maximum Gasteiger partial charge on any atom is 0.273 e.